The molecule has 3 amide bonds. The molecule has 2 unspecified atom stereocenters. The van der Waals surface area contributed by atoms with E-state index in [-0.39, 0.29) is 35.7 Å². The molecular weight excluding hydrogens is 361 g/mol. The molecule has 0 spiro atoms. The van der Waals surface area contributed by atoms with Gasteiger partial charge in [-0.25, -0.2) is 9.18 Å². The van der Waals surface area contributed by atoms with E-state index in [1.807, 2.05) is 17.0 Å². The number of likely N-dealkylation sites (tertiary alicyclic amines) is 1. The van der Waals surface area contributed by atoms with E-state index >= 15 is 0 Å². The number of nitrogens with one attached hydrogen (secondary N) is 2. The zero-order valence-electron chi connectivity index (χ0n) is 15.3. The molecule has 1 aliphatic carbocycles. The van der Waals surface area contributed by atoms with E-state index in [4.69, 9.17) is 0 Å². The van der Waals surface area contributed by atoms with Crippen molar-refractivity contribution in [2.24, 2.45) is 11.8 Å². The Kier molecular flexibility index (Phi) is 5.00. The third-order valence-corrected chi connectivity index (χ3v) is 5.43. The second-order valence-electron chi connectivity index (χ2n) is 7.42. The monoisotopic (exact) mass is 383 g/mol. The highest BCUT2D eigenvalue weighted by molar-refractivity contribution is 5.89. The van der Waals surface area contributed by atoms with Gasteiger partial charge < -0.3 is 20.6 Å². The fourth-order valence-corrected chi connectivity index (χ4v) is 3.65. The summed E-state index contributed by atoms with van der Waals surface area (Å²) < 4.78 is 12.9. The molecule has 28 heavy (non-hydrogen) atoms. The van der Waals surface area contributed by atoms with Crippen molar-refractivity contribution in [1.29, 1.82) is 0 Å². The van der Waals surface area contributed by atoms with Crippen LogP contribution in [0.2, 0.25) is 0 Å². The summed E-state index contributed by atoms with van der Waals surface area (Å²) in [5.74, 6) is 0.288. The Hall–Kier alpha value is -2.93. The Labute approximate surface area is 162 Å². The molecule has 2 fully saturated rings. The van der Waals surface area contributed by atoms with Crippen molar-refractivity contribution in [3.05, 3.63) is 65.5 Å². The Balaban J connectivity index is 1.23. The quantitative estimate of drug-likeness (QED) is 0.740. The molecule has 1 saturated carbocycles. The van der Waals surface area contributed by atoms with Gasteiger partial charge in [0, 0.05) is 37.2 Å². The van der Waals surface area contributed by atoms with Gasteiger partial charge in [0.25, 0.3) is 0 Å². The van der Waals surface area contributed by atoms with E-state index in [0.717, 1.165) is 11.1 Å². The Morgan fingerprint density at radius 1 is 1.00 bits per heavy atom. The normalized spacial score (nSPS) is 22.5. The van der Waals surface area contributed by atoms with Crippen molar-refractivity contribution in [1.82, 2.24) is 10.2 Å². The summed E-state index contributed by atoms with van der Waals surface area (Å²) in [6, 6.07) is 12.7. The molecule has 1 saturated heterocycles. The van der Waals surface area contributed by atoms with Crippen molar-refractivity contribution in [3.63, 3.8) is 0 Å². The number of nitrogens with zero attached hydrogens (tertiary/aromatic N) is 1. The molecule has 3 N–H and O–H groups in total. The van der Waals surface area contributed by atoms with Crippen molar-refractivity contribution >= 4 is 17.6 Å². The number of aliphatic hydroxyl groups excluding tert-OH is 1. The summed E-state index contributed by atoms with van der Waals surface area (Å²) in [6.07, 6.45) is 0.0932. The molecule has 4 rings (SSSR count). The molecule has 2 aromatic carbocycles. The molecular formula is C21H22FN3O3. The lowest BCUT2D eigenvalue weighted by atomic mass is 10.1. The van der Waals surface area contributed by atoms with E-state index in [0.29, 0.717) is 31.7 Å². The number of fused-ring (bicyclic) bond motifs is 1. The van der Waals surface area contributed by atoms with Crippen molar-refractivity contribution in [2.75, 3.05) is 18.4 Å². The van der Waals surface area contributed by atoms with Crippen LogP contribution < -0.4 is 10.6 Å². The summed E-state index contributed by atoms with van der Waals surface area (Å²) in [5, 5.41) is 15.0. The van der Waals surface area contributed by atoms with E-state index in [9.17, 15) is 19.1 Å². The third-order valence-electron chi connectivity index (χ3n) is 5.43. The van der Waals surface area contributed by atoms with Gasteiger partial charge >= 0.3 is 6.03 Å². The van der Waals surface area contributed by atoms with E-state index < -0.39 is 0 Å². The number of carbonyl (C=O) groups excluding carboxylic acids is 2. The van der Waals surface area contributed by atoms with Gasteiger partial charge in [-0.1, -0.05) is 24.3 Å². The molecule has 2 aromatic rings. The molecule has 6 nitrogen and oxygen atoms in total. The predicted molar refractivity (Wildman–Crippen MR) is 102 cm³/mol. The average Bonchev–Trinajstić information content (AvgIpc) is 3.09. The Morgan fingerprint density at radius 2 is 1.61 bits per heavy atom. The zero-order chi connectivity index (χ0) is 19.7. The van der Waals surface area contributed by atoms with E-state index in [2.05, 4.69) is 10.6 Å². The second-order valence-corrected chi connectivity index (χ2v) is 7.42. The summed E-state index contributed by atoms with van der Waals surface area (Å²) in [6.45, 7) is 1.60. The maximum Gasteiger partial charge on any atom is 0.319 e. The zero-order valence-corrected chi connectivity index (χ0v) is 15.3. The minimum Gasteiger partial charge on any atom is -0.392 e. The number of anilines is 1. The van der Waals surface area contributed by atoms with Gasteiger partial charge in [0.2, 0.25) is 5.91 Å². The lowest BCUT2D eigenvalue weighted by Gasteiger charge is -2.19. The van der Waals surface area contributed by atoms with E-state index in [1.54, 1.807) is 24.3 Å². The number of carbonyl (C=O) groups is 2. The van der Waals surface area contributed by atoms with Crippen LogP contribution in [0.1, 0.15) is 11.1 Å². The topological polar surface area (TPSA) is 81.7 Å². The molecule has 2 atom stereocenters. The lowest BCUT2D eigenvalue weighted by molar-refractivity contribution is -0.130. The van der Waals surface area contributed by atoms with Crippen molar-refractivity contribution in [3.8, 4) is 0 Å². The molecule has 7 heteroatoms. The third kappa shape index (κ3) is 4.14. The maximum atomic E-state index is 12.9. The number of hydrogen-bond acceptors (Lipinski definition) is 3. The number of amides is 3. The second kappa shape index (κ2) is 7.59. The number of urea groups is 1. The minimum atomic E-state index is -0.358. The Morgan fingerprint density at radius 3 is 2.25 bits per heavy atom. The van der Waals surface area contributed by atoms with Crippen molar-refractivity contribution in [2.45, 2.75) is 19.1 Å². The van der Waals surface area contributed by atoms with Gasteiger partial charge in [-0.3, -0.25) is 4.79 Å². The standard InChI is InChI=1S/C21H22FN3O3/c22-15-5-1-14(2-6-15)10-23-21(28)24-16-7-3-13(4-8-16)9-19(26)25-11-17-18(12-25)20(17)27/h1-8,17-18,20,27H,9-12H2,(H2,23,24,28). The first-order valence-corrected chi connectivity index (χ1v) is 9.33. The van der Waals surface area contributed by atoms with Gasteiger partial charge in [0.15, 0.2) is 0 Å². The summed E-state index contributed by atoms with van der Waals surface area (Å²) in [4.78, 5) is 26.1. The van der Waals surface area contributed by atoms with Crippen LogP contribution in [0, 0.1) is 17.7 Å². The summed E-state index contributed by atoms with van der Waals surface area (Å²) in [5.41, 5.74) is 2.30. The number of aliphatic hydroxyl groups is 1. The van der Waals surface area contributed by atoms with Crippen LogP contribution >= 0.6 is 0 Å². The predicted octanol–water partition coefficient (Wildman–Crippen LogP) is 2.14. The molecule has 1 aliphatic heterocycles. The van der Waals surface area contributed by atoms with Crippen LogP contribution in [-0.4, -0.2) is 41.1 Å². The van der Waals surface area contributed by atoms with Gasteiger partial charge in [0.05, 0.1) is 12.5 Å². The van der Waals surface area contributed by atoms with Crippen LogP contribution in [0.3, 0.4) is 0 Å². The van der Waals surface area contributed by atoms with Crippen LogP contribution in [0.4, 0.5) is 14.9 Å². The minimum absolute atomic E-state index is 0.0668. The first-order chi connectivity index (χ1) is 13.5. The number of hydrogen-bond donors (Lipinski definition) is 3. The molecule has 0 radical (unpaired) electrons. The highest BCUT2D eigenvalue weighted by Crippen LogP contribution is 2.45. The number of benzene rings is 2. The maximum absolute atomic E-state index is 12.9. The number of piperidine rings is 1. The molecule has 2 aliphatic rings. The molecule has 0 bridgehead atoms. The fraction of sp³-hybridized carbons (Fsp3) is 0.333. The first-order valence-electron chi connectivity index (χ1n) is 9.33. The highest BCUT2D eigenvalue weighted by atomic mass is 19.1. The van der Waals surface area contributed by atoms with Crippen LogP contribution in [-0.2, 0) is 17.8 Å². The van der Waals surface area contributed by atoms with Gasteiger partial charge in [-0.05, 0) is 35.4 Å². The van der Waals surface area contributed by atoms with Gasteiger partial charge in [0.1, 0.15) is 5.82 Å². The smallest absolute Gasteiger partial charge is 0.319 e. The van der Waals surface area contributed by atoms with Crippen molar-refractivity contribution < 1.29 is 19.1 Å². The van der Waals surface area contributed by atoms with Crippen LogP contribution in [0.25, 0.3) is 0 Å². The van der Waals surface area contributed by atoms with Crippen LogP contribution in [0.15, 0.2) is 48.5 Å². The molecule has 0 aromatic heterocycles. The number of rotatable bonds is 5. The summed E-state index contributed by atoms with van der Waals surface area (Å²) >= 11 is 0. The Bertz CT molecular complexity index is 857. The number of halogens is 1. The SMILES string of the molecule is O=C(NCc1ccc(F)cc1)Nc1ccc(CC(=O)N2CC3C(O)C3C2)cc1. The molecule has 146 valence electrons. The largest absolute Gasteiger partial charge is 0.392 e. The lowest BCUT2D eigenvalue weighted by Crippen LogP contribution is -2.33. The van der Waals surface area contributed by atoms with Gasteiger partial charge in [-0.2, -0.15) is 0 Å². The first kappa shape index (κ1) is 18.4. The average molecular weight is 383 g/mol. The van der Waals surface area contributed by atoms with Gasteiger partial charge in [-0.15, -0.1) is 0 Å². The van der Waals surface area contributed by atoms with Crippen LogP contribution in [0.5, 0.6) is 0 Å². The fourth-order valence-electron chi connectivity index (χ4n) is 3.65. The van der Waals surface area contributed by atoms with E-state index in [1.165, 1.54) is 12.1 Å². The summed E-state index contributed by atoms with van der Waals surface area (Å²) in [7, 11) is 0. The molecule has 1 heterocycles. The highest BCUT2D eigenvalue weighted by Gasteiger charge is 2.55.